The highest BCUT2D eigenvalue weighted by Crippen LogP contribution is 2.19. The van der Waals surface area contributed by atoms with Gasteiger partial charge in [-0.05, 0) is 32.0 Å². The van der Waals surface area contributed by atoms with E-state index in [0.717, 1.165) is 5.69 Å². The van der Waals surface area contributed by atoms with E-state index in [0.29, 0.717) is 27.9 Å². The number of carbonyl (C=O) groups is 1. The molecule has 0 atom stereocenters. The third-order valence-corrected chi connectivity index (χ3v) is 3.21. The molecular weight excluding hydrogens is 287 g/mol. The van der Waals surface area contributed by atoms with Crippen LogP contribution >= 0.6 is 0 Å². The number of rotatable bonds is 3. The largest absolute Gasteiger partial charge is 0.454 e. The van der Waals surface area contributed by atoms with E-state index in [4.69, 9.17) is 9.26 Å². The van der Waals surface area contributed by atoms with Gasteiger partial charge in [-0.1, -0.05) is 5.16 Å². The minimum Gasteiger partial charge on any atom is -0.454 e. The second-order valence-corrected chi connectivity index (χ2v) is 4.97. The van der Waals surface area contributed by atoms with Crippen LogP contribution in [0.15, 0.2) is 34.9 Å². The summed E-state index contributed by atoms with van der Waals surface area (Å²) in [5.74, 6) is -0.403. The highest BCUT2D eigenvalue weighted by atomic mass is 19.1. The van der Waals surface area contributed by atoms with Gasteiger partial charge in [0.1, 0.15) is 5.82 Å². The minimum absolute atomic E-state index is 0.000564. The lowest BCUT2D eigenvalue weighted by Gasteiger charge is -2.07. The van der Waals surface area contributed by atoms with E-state index in [1.807, 2.05) is 0 Å². The summed E-state index contributed by atoms with van der Waals surface area (Å²) in [4.78, 5) is 16.4. The van der Waals surface area contributed by atoms with Crippen molar-refractivity contribution >= 4 is 16.9 Å². The van der Waals surface area contributed by atoms with Crippen LogP contribution < -0.4 is 0 Å². The normalized spacial score (nSPS) is 10.9. The molecule has 112 valence electrons. The number of hydrogen-bond acceptors (Lipinski definition) is 5. The van der Waals surface area contributed by atoms with Gasteiger partial charge in [-0.25, -0.2) is 9.18 Å². The first-order chi connectivity index (χ1) is 10.5. The molecule has 0 spiro atoms. The van der Waals surface area contributed by atoms with Gasteiger partial charge in [0.05, 0.1) is 22.5 Å². The molecule has 0 fully saturated rings. The van der Waals surface area contributed by atoms with Crippen LogP contribution in [0.3, 0.4) is 0 Å². The molecule has 3 aromatic rings. The Bertz CT molecular complexity index is 858. The van der Waals surface area contributed by atoms with Crippen LogP contribution in [0.5, 0.6) is 0 Å². The zero-order valence-electron chi connectivity index (χ0n) is 12.1. The molecule has 0 aliphatic carbocycles. The summed E-state index contributed by atoms with van der Waals surface area (Å²) in [6, 6.07) is 7.57. The smallest absolute Gasteiger partial charge is 0.340 e. The van der Waals surface area contributed by atoms with Gasteiger partial charge in [0.2, 0.25) is 0 Å². The lowest BCUT2D eigenvalue weighted by atomic mass is 10.1. The molecule has 2 aromatic heterocycles. The number of ether oxygens (including phenoxy) is 1. The fourth-order valence-electron chi connectivity index (χ4n) is 2.14. The van der Waals surface area contributed by atoms with Crippen molar-refractivity contribution in [1.29, 1.82) is 0 Å². The van der Waals surface area contributed by atoms with Gasteiger partial charge in [0.25, 0.3) is 0 Å². The third kappa shape index (κ3) is 2.81. The average molecular weight is 300 g/mol. The summed E-state index contributed by atoms with van der Waals surface area (Å²) in [7, 11) is 0. The highest BCUT2D eigenvalue weighted by Gasteiger charge is 2.14. The summed E-state index contributed by atoms with van der Waals surface area (Å²) >= 11 is 0. The van der Waals surface area contributed by atoms with Gasteiger partial charge < -0.3 is 9.26 Å². The number of carbonyl (C=O) groups excluding carboxylic acids is 1. The van der Waals surface area contributed by atoms with Crippen LogP contribution in [0.4, 0.5) is 4.39 Å². The van der Waals surface area contributed by atoms with Crippen molar-refractivity contribution in [3.8, 4) is 0 Å². The Balaban J connectivity index is 1.84. The number of pyridine rings is 1. The Morgan fingerprint density at radius 3 is 2.82 bits per heavy atom. The Morgan fingerprint density at radius 1 is 1.27 bits per heavy atom. The molecule has 1 aromatic carbocycles. The summed E-state index contributed by atoms with van der Waals surface area (Å²) in [6.07, 6.45) is 0. The molecule has 0 bridgehead atoms. The molecule has 0 radical (unpaired) electrons. The number of nitrogens with zero attached hydrogens (tertiary/aromatic N) is 2. The molecule has 5 nitrogen and oxygen atoms in total. The first-order valence-corrected chi connectivity index (χ1v) is 6.69. The van der Waals surface area contributed by atoms with E-state index in [9.17, 15) is 9.18 Å². The lowest BCUT2D eigenvalue weighted by Crippen LogP contribution is -2.08. The average Bonchev–Trinajstić information content (AvgIpc) is 2.89. The lowest BCUT2D eigenvalue weighted by molar-refractivity contribution is 0.0436. The van der Waals surface area contributed by atoms with E-state index >= 15 is 0 Å². The fraction of sp³-hybridized carbons (Fsp3) is 0.188. The van der Waals surface area contributed by atoms with Gasteiger partial charge in [0, 0.05) is 17.5 Å². The zero-order chi connectivity index (χ0) is 15.7. The molecule has 0 unspecified atom stereocenters. The number of esters is 1. The summed E-state index contributed by atoms with van der Waals surface area (Å²) in [5, 5.41) is 4.40. The van der Waals surface area contributed by atoms with Crippen LogP contribution in [0.25, 0.3) is 10.9 Å². The van der Waals surface area contributed by atoms with Crippen LogP contribution in [0.2, 0.25) is 0 Å². The summed E-state index contributed by atoms with van der Waals surface area (Å²) in [6.45, 7) is 3.46. The molecule has 6 heteroatoms. The van der Waals surface area contributed by atoms with Gasteiger partial charge >= 0.3 is 5.97 Å². The van der Waals surface area contributed by atoms with Crippen molar-refractivity contribution in [2.24, 2.45) is 0 Å². The molecule has 0 N–H and O–H groups in total. The molecule has 2 heterocycles. The number of fused-ring (bicyclic) bond motifs is 1. The number of hydrogen-bond donors (Lipinski definition) is 0. The minimum atomic E-state index is -0.509. The second-order valence-electron chi connectivity index (χ2n) is 4.97. The van der Waals surface area contributed by atoms with Crippen LogP contribution in [-0.2, 0) is 11.3 Å². The van der Waals surface area contributed by atoms with Gasteiger partial charge in [-0.3, -0.25) is 4.98 Å². The summed E-state index contributed by atoms with van der Waals surface area (Å²) in [5.41, 5.74) is 2.05. The number of aromatic nitrogens is 2. The molecule has 3 rings (SSSR count). The van der Waals surface area contributed by atoms with Crippen LogP contribution in [0, 0.1) is 19.7 Å². The molecule has 0 aliphatic rings. The Labute approximate surface area is 125 Å². The molecule has 0 saturated carbocycles. The first kappa shape index (κ1) is 14.2. The second kappa shape index (κ2) is 5.55. The van der Waals surface area contributed by atoms with Crippen molar-refractivity contribution < 1.29 is 18.4 Å². The molecule has 0 aliphatic heterocycles. The Hall–Kier alpha value is -2.76. The maximum absolute atomic E-state index is 13.2. The zero-order valence-corrected chi connectivity index (χ0v) is 12.1. The van der Waals surface area contributed by atoms with E-state index in [2.05, 4.69) is 10.1 Å². The van der Waals surface area contributed by atoms with Crippen molar-refractivity contribution in [2.45, 2.75) is 20.5 Å². The fourth-order valence-corrected chi connectivity index (χ4v) is 2.14. The van der Waals surface area contributed by atoms with E-state index < -0.39 is 5.97 Å². The topological polar surface area (TPSA) is 65.2 Å². The van der Waals surface area contributed by atoms with E-state index in [1.54, 1.807) is 32.0 Å². The Kier molecular flexibility index (Phi) is 3.58. The highest BCUT2D eigenvalue weighted by molar-refractivity contribution is 5.95. The Morgan fingerprint density at radius 2 is 2.09 bits per heavy atom. The molecule has 22 heavy (non-hydrogen) atoms. The maximum Gasteiger partial charge on any atom is 0.340 e. The van der Waals surface area contributed by atoms with Gasteiger partial charge in [0.15, 0.2) is 12.4 Å². The standard InChI is InChI=1S/C16H13FN2O3/c1-9-5-13(22-19-9)8-21-16(20)14-6-11-3-4-12(17)7-15(11)18-10(14)2/h3-7H,8H2,1-2H3. The third-order valence-electron chi connectivity index (χ3n) is 3.21. The first-order valence-electron chi connectivity index (χ1n) is 6.69. The SMILES string of the molecule is Cc1cc(COC(=O)c2cc3ccc(F)cc3nc2C)on1. The molecule has 0 saturated heterocycles. The predicted molar refractivity (Wildman–Crippen MR) is 76.8 cm³/mol. The van der Waals surface area contributed by atoms with E-state index in [-0.39, 0.29) is 12.4 Å². The van der Waals surface area contributed by atoms with E-state index in [1.165, 1.54) is 12.1 Å². The van der Waals surface area contributed by atoms with Crippen molar-refractivity contribution in [2.75, 3.05) is 0 Å². The predicted octanol–water partition coefficient (Wildman–Crippen LogP) is 3.34. The van der Waals surface area contributed by atoms with Gasteiger partial charge in [-0.2, -0.15) is 0 Å². The van der Waals surface area contributed by atoms with Crippen molar-refractivity contribution in [1.82, 2.24) is 10.1 Å². The van der Waals surface area contributed by atoms with Crippen LogP contribution in [-0.4, -0.2) is 16.1 Å². The summed E-state index contributed by atoms with van der Waals surface area (Å²) < 4.78 is 23.4. The quantitative estimate of drug-likeness (QED) is 0.694. The van der Waals surface area contributed by atoms with Crippen LogP contribution in [0.1, 0.15) is 27.5 Å². The number of benzene rings is 1. The monoisotopic (exact) mass is 300 g/mol. The number of aryl methyl sites for hydroxylation is 2. The van der Waals surface area contributed by atoms with Crippen molar-refractivity contribution in [3.63, 3.8) is 0 Å². The number of halogens is 1. The van der Waals surface area contributed by atoms with Gasteiger partial charge in [-0.15, -0.1) is 0 Å². The molecule has 0 amide bonds. The van der Waals surface area contributed by atoms with Crippen molar-refractivity contribution in [3.05, 3.63) is 58.9 Å². The molecular formula is C16H13FN2O3. The maximum atomic E-state index is 13.2.